The Morgan fingerprint density at radius 3 is 2.41 bits per heavy atom. The molecule has 4 heterocycles. The van der Waals surface area contributed by atoms with E-state index in [4.69, 9.17) is 4.98 Å². The number of carbonyl (C=O) groups is 2. The molecule has 1 aliphatic heterocycles. The third-order valence-corrected chi connectivity index (χ3v) is 7.96. The Morgan fingerprint density at radius 2 is 1.78 bits per heavy atom. The molecule has 0 aliphatic carbocycles. The molecule has 8 nitrogen and oxygen atoms in total. The lowest BCUT2D eigenvalue weighted by molar-refractivity contribution is 0.0507. The maximum absolute atomic E-state index is 14.4. The predicted octanol–water partition coefficient (Wildman–Crippen LogP) is 6.01. The molecule has 1 fully saturated rings. The van der Waals surface area contributed by atoms with Gasteiger partial charge in [-0.1, -0.05) is 19.1 Å². The van der Waals surface area contributed by atoms with Gasteiger partial charge in [-0.25, -0.2) is 19.2 Å². The van der Waals surface area contributed by atoms with E-state index in [-0.39, 0.29) is 17.3 Å². The van der Waals surface area contributed by atoms with Crippen LogP contribution in [-0.4, -0.2) is 61.6 Å². The quantitative estimate of drug-likeness (QED) is 0.312. The minimum absolute atomic E-state index is 0.148. The number of piperazine rings is 1. The van der Waals surface area contributed by atoms with Gasteiger partial charge < -0.3 is 19.5 Å². The van der Waals surface area contributed by atoms with Gasteiger partial charge in [0.15, 0.2) is 0 Å². The van der Waals surface area contributed by atoms with Crippen molar-refractivity contribution in [3.63, 3.8) is 0 Å². The van der Waals surface area contributed by atoms with Crippen molar-refractivity contribution in [2.45, 2.75) is 60.0 Å². The summed E-state index contributed by atoms with van der Waals surface area (Å²) >= 11 is 0. The average molecular weight is 558 g/mol. The summed E-state index contributed by atoms with van der Waals surface area (Å²) in [6, 6.07) is 10.7. The van der Waals surface area contributed by atoms with Crippen molar-refractivity contribution in [2.75, 3.05) is 24.5 Å². The number of pyridine rings is 2. The number of amides is 1. The van der Waals surface area contributed by atoms with E-state index in [0.29, 0.717) is 53.6 Å². The van der Waals surface area contributed by atoms with Gasteiger partial charge in [-0.05, 0) is 82.0 Å². The molecule has 0 unspecified atom stereocenters. The Morgan fingerprint density at radius 1 is 1.02 bits per heavy atom. The standard InChI is InChI=1S/C32H36FN5O3/c1-7-12-36-17-24(22-9-8-19(2)25(33)16-22)23-10-11-26(35-29(23)36)30(39)38-14-13-37(18-32(38,5)6)27-15-20(3)28(31(40)41)21(4)34-27/h8-11,15-17H,7,12-14,18H2,1-6H3,(H,40,41). The van der Waals surface area contributed by atoms with Crippen LogP contribution >= 0.6 is 0 Å². The van der Waals surface area contributed by atoms with Crippen LogP contribution in [0.25, 0.3) is 22.2 Å². The first-order valence-corrected chi connectivity index (χ1v) is 14.0. The zero-order chi connectivity index (χ0) is 29.6. The summed E-state index contributed by atoms with van der Waals surface area (Å²) in [6.07, 6.45) is 2.88. The van der Waals surface area contributed by atoms with Crippen molar-refractivity contribution in [1.29, 1.82) is 0 Å². The Labute approximate surface area is 239 Å². The lowest BCUT2D eigenvalue weighted by atomic mass is 9.97. The van der Waals surface area contributed by atoms with Crippen LogP contribution in [-0.2, 0) is 6.54 Å². The highest BCUT2D eigenvalue weighted by Crippen LogP contribution is 2.33. The molecule has 1 aliphatic rings. The van der Waals surface area contributed by atoms with E-state index in [0.717, 1.165) is 29.5 Å². The first-order chi connectivity index (χ1) is 19.4. The van der Waals surface area contributed by atoms with Crippen molar-refractivity contribution < 1.29 is 19.1 Å². The molecule has 1 saturated heterocycles. The molecule has 0 spiro atoms. The summed E-state index contributed by atoms with van der Waals surface area (Å²) in [6.45, 7) is 13.7. The highest BCUT2D eigenvalue weighted by Gasteiger charge is 2.38. The van der Waals surface area contributed by atoms with Gasteiger partial charge in [-0.3, -0.25) is 4.79 Å². The summed E-state index contributed by atoms with van der Waals surface area (Å²) in [7, 11) is 0. The molecule has 4 aromatic rings. The number of benzene rings is 1. The molecule has 3 aromatic heterocycles. The number of aryl methyl sites for hydroxylation is 4. The van der Waals surface area contributed by atoms with Gasteiger partial charge in [0, 0.05) is 43.3 Å². The molecule has 0 saturated carbocycles. The molecular formula is C32H36FN5O3. The van der Waals surface area contributed by atoms with Gasteiger partial charge in [0.25, 0.3) is 5.91 Å². The summed E-state index contributed by atoms with van der Waals surface area (Å²) in [5.41, 5.74) is 4.18. The van der Waals surface area contributed by atoms with E-state index in [9.17, 15) is 19.1 Å². The van der Waals surface area contributed by atoms with Gasteiger partial charge in [0.2, 0.25) is 0 Å². The third-order valence-electron chi connectivity index (χ3n) is 7.96. The molecule has 0 radical (unpaired) electrons. The van der Waals surface area contributed by atoms with Crippen LogP contribution in [0.5, 0.6) is 0 Å². The van der Waals surface area contributed by atoms with Crippen LogP contribution in [0, 0.1) is 26.6 Å². The molecule has 214 valence electrons. The van der Waals surface area contributed by atoms with Crippen LogP contribution in [0.2, 0.25) is 0 Å². The van der Waals surface area contributed by atoms with E-state index in [2.05, 4.69) is 16.8 Å². The summed E-state index contributed by atoms with van der Waals surface area (Å²) in [5.74, 6) is -0.673. The van der Waals surface area contributed by atoms with E-state index in [1.807, 2.05) is 41.6 Å². The van der Waals surface area contributed by atoms with Crippen LogP contribution < -0.4 is 4.90 Å². The maximum atomic E-state index is 14.4. The monoisotopic (exact) mass is 557 g/mol. The van der Waals surface area contributed by atoms with Crippen molar-refractivity contribution in [3.8, 4) is 11.1 Å². The fourth-order valence-corrected chi connectivity index (χ4v) is 5.85. The fraction of sp³-hybridized carbons (Fsp3) is 0.375. The Bertz CT molecular complexity index is 1650. The molecular weight excluding hydrogens is 521 g/mol. The van der Waals surface area contributed by atoms with Crippen molar-refractivity contribution in [3.05, 3.63) is 76.5 Å². The van der Waals surface area contributed by atoms with Crippen molar-refractivity contribution in [2.24, 2.45) is 0 Å². The summed E-state index contributed by atoms with van der Waals surface area (Å²) in [5, 5.41) is 10.4. The van der Waals surface area contributed by atoms with E-state index in [1.165, 1.54) is 0 Å². The number of rotatable bonds is 6. The second kappa shape index (κ2) is 10.6. The van der Waals surface area contributed by atoms with E-state index < -0.39 is 11.5 Å². The lowest BCUT2D eigenvalue weighted by Crippen LogP contribution is -2.61. The van der Waals surface area contributed by atoms with Crippen LogP contribution in [0.15, 0.2) is 42.6 Å². The number of carboxylic acids is 1. The highest BCUT2D eigenvalue weighted by atomic mass is 19.1. The van der Waals surface area contributed by atoms with Crippen LogP contribution in [0.3, 0.4) is 0 Å². The predicted molar refractivity (Wildman–Crippen MR) is 158 cm³/mol. The van der Waals surface area contributed by atoms with Gasteiger partial charge >= 0.3 is 5.97 Å². The van der Waals surface area contributed by atoms with Crippen molar-refractivity contribution >= 4 is 28.7 Å². The molecule has 1 aromatic carbocycles. The number of fused-ring (bicyclic) bond motifs is 1. The fourth-order valence-electron chi connectivity index (χ4n) is 5.85. The number of hydrogen-bond donors (Lipinski definition) is 1. The van der Waals surface area contributed by atoms with Gasteiger partial charge in [-0.2, -0.15) is 0 Å². The number of carboxylic acid groups (broad SMARTS) is 1. The van der Waals surface area contributed by atoms with Gasteiger partial charge in [0.05, 0.1) is 16.8 Å². The highest BCUT2D eigenvalue weighted by molar-refractivity contribution is 5.99. The van der Waals surface area contributed by atoms with Gasteiger partial charge in [-0.15, -0.1) is 0 Å². The second-order valence-electron chi connectivity index (χ2n) is 11.5. The summed E-state index contributed by atoms with van der Waals surface area (Å²) < 4.78 is 16.4. The molecule has 1 amide bonds. The molecule has 0 bridgehead atoms. The molecule has 0 atom stereocenters. The minimum atomic E-state index is -0.984. The number of aromatic carboxylic acids is 1. The maximum Gasteiger partial charge on any atom is 0.337 e. The number of nitrogens with zero attached hydrogens (tertiary/aromatic N) is 5. The minimum Gasteiger partial charge on any atom is -0.478 e. The Balaban J connectivity index is 1.44. The summed E-state index contributed by atoms with van der Waals surface area (Å²) in [4.78, 5) is 38.8. The Hall–Kier alpha value is -4.27. The van der Waals surface area contributed by atoms with E-state index in [1.54, 1.807) is 45.0 Å². The smallest absolute Gasteiger partial charge is 0.337 e. The molecule has 41 heavy (non-hydrogen) atoms. The number of carbonyl (C=O) groups excluding carboxylic acids is 1. The SMILES string of the molecule is CCCn1cc(-c2ccc(C)c(F)c2)c2ccc(C(=O)N3CCN(c4cc(C)c(C(=O)O)c(C)n4)CC3(C)C)nc21. The van der Waals surface area contributed by atoms with Crippen molar-refractivity contribution in [1.82, 2.24) is 19.4 Å². The average Bonchev–Trinajstić information content (AvgIpc) is 3.26. The zero-order valence-corrected chi connectivity index (χ0v) is 24.5. The lowest BCUT2D eigenvalue weighted by Gasteiger charge is -2.47. The Kier molecular flexibility index (Phi) is 7.32. The zero-order valence-electron chi connectivity index (χ0n) is 24.5. The molecule has 5 rings (SSSR count). The van der Waals surface area contributed by atoms with Crippen LogP contribution in [0.4, 0.5) is 10.2 Å². The first-order valence-electron chi connectivity index (χ1n) is 14.0. The van der Waals surface area contributed by atoms with E-state index >= 15 is 0 Å². The molecule has 9 heteroatoms. The topological polar surface area (TPSA) is 91.6 Å². The largest absolute Gasteiger partial charge is 0.478 e. The number of anilines is 1. The third kappa shape index (κ3) is 5.16. The number of halogens is 1. The number of hydrogen-bond acceptors (Lipinski definition) is 5. The van der Waals surface area contributed by atoms with Crippen LogP contribution in [0.1, 0.15) is 64.9 Å². The molecule has 1 N–H and O–H groups in total. The van der Waals surface area contributed by atoms with Gasteiger partial charge in [0.1, 0.15) is 23.0 Å². The number of aromatic nitrogens is 3. The second-order valence-corrected chi connectivity index (χ2v) is 11.5. The first kappa shape index (κ1) is 28.3. The normalized spacial score (nSPS) is 15.0.